The van der Waals surface area contributed by atoms with E-state index in [1.807, 2.05) is 48.6 Å². The number of allylic oxidation sites excluding steroid dienone is 1. The molecule has 2 amide bonds. The molecule has 3 aliphatic heterocycles. The number of carbonyl (C=O) groups is 3. The van der Waals surface area contributed by atoms with E-state index < -0.39 is 47.6 Å². The van der Waals surface area contributed by atoms with Gasteiger partial charge in [-0.25, -0.2) is 0 Å². The number of carbonyl (C=O) groups excluding carboxylic acids is 3. The van der Waals surface area contributed by atoms with Gasteiger partial charge in [-0.3, -0.25) is 19.2 Å². The summed E-state index contributed by atoms with van der Waals surface area (Å²) in [5, 5.41) is 26.3. The van der Waals surface area contributed by atoms with Gasteiger partial charge in [-0.2, -0.15) is 5.06 Å². The summed E-state index contributed by atoms with van der Waals surface area (Å²) < 4.78 is 19.9. The molecule has 2 bridgehead atoms. The number of rotatable bonds is 19. The molecule has 6 unspecified atom stereocenters. The molecule has 4 aliphatic rings. The summed E-state index contributed by atoms with van der Waals surface area (Å²) >= 11 is 0. The monoisotopic (exact) mass is 733 g/mol. The molecule has 0 radical (unpaired) electrons. The number of phenolic OH excluding ortho intramolecular Hbond substituents is 1. The Morgan fingerprint density at radius 1 is 0.943 bits per heavy atom. The third kappa shape index (κ3) is 8.47. The van der Waals surface area contributed by atoms with Crippen molar-refractivity contribution >= 4 is 23.9 Å². The molecule has 12 heteroatoms. The SMILES string of the molecule is CCCCCC1(CCCCC)OC2C3CC4(C(=O)NCCC(=O)NCCO)C(ON(Cc5ccc(C=CCc6ccccc6O)cc5)C4C(=O)O3)C2O1. The number of phenols is 1. The topological polar surface area (TPSA) is 156 Å². The van der Waals surface area contributed by atoms with Gasteiger partial charge in [-0.1, -0.05) is 94.1 Å². The van der Waals surface area contributed by atoms with Crippen molar-refractivity contribution in [1.82, 2.24) is 15.7 Å². The van der Waals surface area contributed by atoms with Crippen LogP contribution in [0.3, 0.4) is 0 Å². The highest BCUT2D eigenvalue weighted by molar-refractivity contribution is 5.94. The summed E-state index contributed by atoms with van der Waals surface area (Å²) in [5.74, 6) is -1.81. The van der Waals surface area contributed by atoms with Gasteiger partial charge in [0.25, 0.3) is 0 Å². The molecule has 2 aromatic carbocycles. The molecule has 6 atom stereocenters. The van der Waals surface area contributed by atoms with E-state index in [0.717, 1.165) is 55.2 Å². The van der Waals surface area contributed by atoms with Crippen LogP contribution in [0.4, 0.5) is 0 Å². The molecule has 3 saturated heterocycles. The van der Waals surface area contributed by atoms with Crippen LogP contribution >= 0.6 is 0 Å². The van der Waals surface area contributed by atoms with E-state index in [1.54, 1.807) is 17.2 Å². The first-order valence-corrected chi connectivity index (χ1v) is 19.4. The molecule has 0 aromatic heterocycles. The van der Waals surface area contributed by atoms with Crippen LogP contribution < -0.4 is 10.6 Å². The first-order chi connectivity index (χ1) is 25.7. The van der Waals surface area contributed by atoms with Crippen molar-refractivity contribution in [3.63, 3.8) is 0 Å². The number of fused-ring (bicyclic) bond motifs is 4. The summed E-state index contributed by atoms with van der Waals surface area (Å²) in [6, 6.07) is 14.1. The molecule has 4 fully saturated rings. The lowest BCUT2D eigenvalue weighted by Crippen LogP contribution is -2.69. The van der Waals surface area contributed by atoms with E-state index in [4.69, 9.17) is 24.2 Å². The number of hydrogen-bond acceptors (Lipinski definition) is 10. The first kappa shape index (κ1) is 38.9. The molecule has 4 N–H and O–H groups in total. The maximum atomic E-state index is 14.5. The zero-order valence-electron chi connectivity index (χ0n) is 31.0. The van der Waals surface area contributed by atoms with Crippen molar-refractivity contribution in [2.24, 2.45) is 5.41 Å². The fraction of sp³-hybridized carbons (Fsp3) is 0.585. The van der Waals surface area contributed by atoms with Crippen LogP contribution in [0, 0.1) is 5.41 Å². The molecule has 0 spiro atoms. The highest BCUT2D eigenvalue weighted by Gasteiger charge is 2.76. The molecular formula is C41H55N3O9. The number of aromatic hydroxyl groups is 1. The number of aliphatic hydroxyl groups is 1. The summed E-state index contributed by atoms with van der Waals surface area (Å²) in [7, 11) is 0. The molecule has 288 valence electrons. The molecule has 12 nitrogen and oxygen atoms in total. The molecule has 3 heterocycles. The highest BCUT2D eigenvalue weighted by atomic mass is 16.8. The average molecular weight is 734 g/mol. The van der Waals surface area contributed by atoms with Crippen molar-refractivity contribution in [3.05, 3.63) is 71.3 Å². The Kier molecular flexibility index (Phi) is 12.9. The minimum atomic E-state index is -1.33. The fourth-order valence-electron chi connectivity index (χ4n) is 8.35. The fourth-order valence-corrected chi connectivity index (χ4v) is 8.35. The number of unbranched alkanes of at least 4 members (excludes halogenated alkanes) is 4. The maximum absolute atomic E-state index is 14.5. The van der Waals surface area contributed by atoms with Gasteiger partial charge in [-0.05, 0) is 42.0 Å². The smallest absolute Gasteiger partial charge is 0.327 e. The van der Waals surface area contributed by atoms with E-state index in [9.17, 15) is 19.5 Å². The number of benzene rings is 2. The summed E-state index contributed by atoms with van der Waals surface area (Å²) in [6.07, 6.45) is 9.51. The number of esters is 1. The summed E-state index contributed by atoms with van der Waals surface area (Å²) in [5.41, 5.74) is 1.36. The van der Waals surface area contributed by atoms with Crippen LogP contribution in [0.2, 0.25) is 0 Å². The Bertz CT molecular complexity index is 1590. The Balaban J connectivity index is 1.24. The number of nitrogens with one attached hydrogen (secondary N) is 2. The number of amides is 2. The minimum Gasteiger partial charge on any atom is -0.508 e. The largest absolute Gasteiger partial charge is 0.508 e. The standard InChI is InChI=1S/C41H55N3O9/c1-3-5-9-21-40(22-10-6-4-2)51-34-32-26-41(39(49)43-23-20-33(47)42-24-25-45)36(38(48)50-32)44(53-37(41)35(34)52-40)27-29-18-16-28(17-19-29)12-11-14-30-13-7-8-15-31(30)46/h7-8,11-13,15-19,32,34-37,45-46H,3-6,9-10,14,20-27H2,1-2H3,(H,42,47)(H,43,49). The molecular weight excluding hydrogens is 678 g/mol. The molecule has 6 rings (SSSR count). The van der Waals surface area contributed by atoms with Crippen molar-refractivity contribution < 1.29 is 43.6 Å². The van der Waals surface area contributed by atoms with Gasteiger partial charge in [-0.15, -0.1) is 0 Å². The lowest BCUT2D eigenvalue weighted by molar-refractivity contribution is -0.224. The number of hydroxylamine groups is 2. The normalized spacial score (nSPS) is 27.1. The van der Waals surface area contributed by atoms with Crippen LogP contribution in [0.25, 0.3) is 6.08 Å². The van der Waals surface area contributed by atoms with Crippen LogP contribution in [0.5, 0.6) is 5.75 Å². The summed E-state index contributed by atoms with van der Waals surface area (Å²) in [6.45, 7) is 4.54. The number of aliphatic hydroxyl groups excluding tert-OH is 1. The zero-order chi connectivity index (χ0) is 37.4. The van der Waals surface area contributed by atoms with Gasteiger partial charge in [0.1, 0.15) is 35.6 Å². The second-order valence-corrected chi connectivity index (χ2v) is 14.8. The average Bonchev–Trinajstić information content (AvgIpc) is 3.71. The highest BCUT2D eigenvalue weighted by Crippen LogP contribution is 2.58. The lowest BCUT2D eigenvalue weighted by atomic mass is 9.62. The Morgan fingerprint density at radius 3 is 2.36 bits per heavy atom. The number of para-hydroxylation sites is 1. The number of hydrogen-bond donors (Lipinski definition) is 4. The van der Waals surface area contributed by atoms with Gasteiger partial charge in [0.2, 0.25) is 11.8 Å². The third-order valence-corrected chi connectivity index (χ3v) is 11.0. The van der Waals surface area contributed by atoms with Crippen molar-refractivity contribution in [3.8, 4) is 5.75 Å². The molecule has 1 aliphatic carbocycles. The quantitative estimate of drug-likeness (QED) is 0.118. The second kappa shape index (κ2) is 17.6. The van der Waals surface area contributed by atoms with Crippen molar-refractivity contribution in [2.75, 3.05) is 19.7 Å². The predicted molar refractivity (Wildman–Crippen MR) is 197 cm³/mol. The van der Waals surface area contributed by atoms with Crippen LogP contribution in [-0.2, 0) is 46.4 Å². The van der Waals surface area contributed by atoms with Crippen molar-refractivity contribution in [2.45, 2.75) is 127 Å². The van der Waals surface area contributed by atoms with Crippen molar-refractivity contribution in [1.29, 1.82) is 0 Å². The molecule has 1 saturated carbocycles. The number of nitrogens with zero attached hydrogens (tertiary/aromatic N) is 1. The van der Waals surface area contributed by atoms with Gasteiger partial charge < -0.3 is 35.1 Å². The Hall–Kier alpha value is -3.81. The van der Waals surface area contributed by atoms with E-state index in [2.05, 4.69) is 24.5 Å². The van der Waals surface area contributed by atoms with Crippen LogP contribution in [0.1, 0.15) is 94.7 Å². The Labute approximate surface area is 312 Å². The number of ether oxygens (including phenoxy) is 3. The molecule has 53 heavy (non-hydrogen) atoms. The van der Waals surface area contributed by atoms with Gasteiger partial charge >= 0.3 is 5.97 Å². The van der Waals surface area contributed by atoms with E-state index in [0.29, 0.717) is 19.3 Å². The van der Waals surface area contributed by atoms with Crippen LogP contribution in [-0.4, -0.2) is 89.0 Å². The van der Waals surface area contributed by atoms with Gasteiger partial charge in [0, 0.05) is 38.8 Å². The second-order valence-electron chi connectivity index (χ2n) is 14.8. The predicted octanol–water partition coefficient (Wildman–Crippen LogP) is 4.70. The maximum Gasteiger partial charge on any atom is 0.327 e. The first-order valence-electron chi connectivity index (χ1n) is 19.4. The van der Waals surface area contributed by atoms with E-state index in [-0.39, 0.29) is 56.6 Å². The van der Waals surface area contributed by atoms with E-state index in [1.165, 1.54) is 0 Å². The van der Waals surface area contributed by atoms with E-state index >= 15 is 0 Å². The minimum absolute atomic E-state index is 0.0204. The van der Waals surface area contributed by atoms with Gasteiger partial charge in [0.05, 0.1) is 13.2 Å². The van der Waals surface area contributed by atoms with Gasteiger partial charge in [0.15, 0.2) is 11.8 Å². The Morgan fingerprint density at radius 2 is 1.66 bits per heavy atom. The van der Waals surface area contributed by atoms with Crippen LogP contribution in [0.15, 0.2) is 54.6 Å². The summed E-state index contributed by atoms with van der Waals surface area (Å²) in [4.78, 5) is 47.5. The zero-order valence-corrected chi connectivity index (χ0v) is 31.0. The lowest BCUT2D eigenvalue weighted by Gasteiger charge is -2.48. The molecule has 2 aromatic rings. The third-order valence-electron chi connectivity index (χ3n) is 11.0.